The highest BCUT2D eigenvalue weighted by atomic mass is 35.5. The lowest BCUT2D eigenvalue weighted by atomic mass is 10.1. The molecule has 0 saturated carbocycles. The molecule has 1 aliphatic rings. The smallest absolute Gasteiger partial charge is 0.255 e. The number of carbonyl (C=O) groups is 2. The predicted molar refractivity (Wildman–Crippen MR) is 126 cm³/mol. The molecule has 1 aromatic heterocycles. The lowest BCUT2D eigenvalue weighted by Crippen LogP contribution is -2.34. The summed E-state index contributed by atoms with van der Waals surface area (Å²) in [4.78, 5) is 27.1. The van der Waals surface area contributed by atoms with Crippen molar-refractivity contribution in [1.29, 1.82) is 0 Å². The molecule has 0 aliphatic carbocycles. The minimum absolute atomic E-state index is 0.181. The Kier molecular flexibility index (Phi) is 7.22. The SMILES string of the molecule is O=C(NCCCN1CCCCCC1=O)c1cn(-c2ccccc2)nc1-c1ccc(Cl)cc1. The van der Waals surface area contributed by atoms with Crippen molar-refractivity contribution in [2.24, 2.45) is 0 Å². The fourth-order valence-electron chi connectivity index (χ4n) is 3.92. The number of amides is 2. The Bertz CT molecular complexity index is 1060. The van der Waals surface area contributed by atoms with E-state index in [9.17, 15) is 9.59 Å². The van der Waals surface area contributed by atoms with E-state index in [1.54, 1.807) is 23.0 Å². The molecular weight excluding hydrogens is 424 g/mol. The second kappa shape index (κ2) is 10.5. The number of nitrogens with zero attached hydrogens (tertiary/aromatic N) is 3. The minimum atomic E-state index is -0.181. The molecule has 3 aromatic rings. The van der Waals surface area contributed by atoms with Crippen molar-refractivity contribution in [1.82, 2.24) is 20.0 Å². The van der Waals surface area contributed by atoms with Crippen LogP contribution in [0.3, 0.4) is 0 Å². The fourth-order valence-corrected chi connectivity index (χ4v) is 4.04. The van der Waals surface area contributed by atoms with Gasteiger partial charge in [-0.25, -0.2) is 4.68 Å². The lowest BCUT2D eigenvalue weighted by Gasteiger charge is -2.20. The van der Waals surface area contributed by atoms with E-state index in [1.807, 2.05) is 47.4 Å². The number of halogens is 1. The molecule has 0 unspecified atom stereocenters. The van der Waals surface area contributed by atoms with Crippen LogP contribution in [0, 0.1) is 0 Å². The number of likely N-dealkylation sites (tertiary alicyclic amines) is 1. The summed E-state index contributed by atoms with van der Waals surface area (Å²) in [6, 6.07) is 17.0. The number of rotatable bonds is 7. The van der Waals surface area contributed by atoms with E-state index in [4.69, 9.17) is 11.6 Å². The van der Waals surface area contributed by atoms with Gasteiger partial charge in [-0.05, 0) is 43.5 Å². The van der Waals surface area contributed by atoms with Gasteiger partial charge >= 0.3 is 0 Å². The standard InChI is InChI=1S/C25H27ClN4O2/c26-20-13-11-19(12-14-20)24-22(18-30(28-24)21-8-3-1-4-9-21)25(32)27-15-7-17-29-16-6-2-5-10-23(29)31/h1,3-4,8-9,11-14,18H,2,5-7,10,15-17H2,(H,27,32). The molecular formula is C25H27ClN4O2. The Hall–Kier alpha value is -3.12. The van der Waals surface area contributed by atoms with Crippen molar-refractivity contribution in [3.8, 4) is 16.9 Å². The van der Waals surface area contributed by atoms with Gasteiger partial charge in [0.05, 0.1) is 11.3 Å². The molecule has 1 saturated heterocycles. The summed E-state index contributed by atoms with van der Waals surface area (Å²) in [5.74, 6) is 0.0438. The van der Waals surface area contributed by atoms with E-state index in [-0.39, 0.29) is 11.8 Å². The summed E-state index contributed by atoms with van der Waals surface area (Å²) in [7, 11) is 0. The summed E-state index contributed by atoms with van der Waals surface area (Å²) in [5, 5.41) is 8.31. The molecule has 1 fully saturated rings. The number of para-hydroxylation sites is 1. The van der Waals surface area contributed by atoms with E-state index in [0.29, 0.717) is 35.8 Å². The van der Waals surface area contributed by atoms with Gasteiger partial charge < -0.3 is 10.2 Å². The summed E-state index contributed by atoms with van der Waals surface area (Å²) >= 11 is 6.04. The minimum Gasteiger partial charge on any atom is -0.352 e. The molecule has 0 atom stereocenters. The summed E-state index contributed by atoms with van der Waals surface area (Å²) in [6.07, 6.45) is 6.26. The van der Waals surface area contributed by atoms with Gasteiger partial charge in [-0.2, -0.15) is 5.10 Å². The van der Waals surface area contributed by atoms with Gasteiger partial charge in [-0.15, -0.1) is 0 Å². The number of nitrogens with one attached hydrogen (secondary N) is 1. The predicted octanol–water partition coefficient (Wildman–Crippen LogP) is 4.72. The second-order valence-electron chi connectivity index (χ2n) is 7.98. The van der Waals surface area contributed by atoms with Crippen LogP contribution in [0.1, 0.15) is 42.5 Å². The maximum absolute atomic E-state index is 13.0. The van der Waals surface area contributed by atoms with E-state index >= 15 is 0 Å². The van der Waals surface area contributed by atoms with Crippen LogP contribution < -0.4 is 5.32 Å². The zero-order valence-electron chi connectivity index (χ0n) is 18.0. The van der Waals surface area contributed by atoms with E-state index in [1.165, 1.54) is 0 Å². The van der Waals surface area contributed by atoms with E-state index in [0.717, 1.165) is 43.5 Å². The van der Waals surface area contributed by atoms with Gasteiger partial charge in [0.25, 0.3) is 5.91 Å². The Labute approximate surface area is 193 Å². The van der Waals surface area contributed by atoms with Gasteiger partial charge in [-0.3, -0.25) is 9.59 Å². The molecule has 2 amide bonds. The van der Waals surface area contributed by atoms with Crippen LogP contribution in [-0.2, 0) is 4.79 Å². The molecule has 2 aromatic carbocycles. The Morgan fingerprint density at radius 1 is 1.03 bits per heavy atom. The Balaban J connectivity index is 1.47. The highest BCUT2D eigenvalue weighted by molar-refractivity contribution is 6.30. The van der Waals surface area contributed by atoms with Crippen molar-refractivity contribution in [3.05, 3.63) is 71.4 Å². The molecule has 32 heavy (non-hydrogen) atoms. The van der Waals surface area contributed by atoms with Crippen LogP contribution in [0.4, 0.5) is 0 Å². The maximum atomic E-state index is 13.0. The first-order chi connectivity index (χ1) is 15.6. The largest absolute Gasteiger partial charge is 0.352 e. The average molecular weight is 451 g/mol. The zero-order valence-corrected chi connectivity index (χ0v) is 18.7. The van der Waals surface area contributed by atoms with Crippen molar-refractivity contribution in [2.45, 2.75) is 32.1 Å². The molecule has 166 valence electrons. The van der Waals surface area contributed by atoms with Crippen molar-refractivity contribution < 1.29 is 9.59 Å². The van der Waals surface area contributed by atoms with Gasteiger partial charge in [0.15, 0.2) is 0 Å². The van der Waals surface area contributed by atoms with Crippen LogP contribution in [0.5, 0.6) is 0 Å². The fraction of sp³-hybridized carbons (Fsp3) is 0.320. The highest BCUT2D eigenvalue weighted by Crippen LogP contribution is 2.25. The lowest BCUT2D eigenvalue weighted by molar-refractivity contribution is -0.130. The third kappa shape index (κ3) is 5.37. The topological polar surface area (TPSA) is 67.2 Å². The first-order valence-corrected chi connectivity index (χ1v) is 11.5. The molecule has 0 bridgehead atoms. The van der Waals surface area contributed by atoms with E-state index in [2.05, 4.69) is 10.4 Å². The van der Waals surface area contributed by atoms with E-state index < -0.39 is 0 Å². The second-order valence-corrected chi connectivity index (χ2v) is 8.42. The van der Waals surface area contributed by atoms with Crippen LogP contribution in [0.15, 0.2) is 60.8 Å². The molecule has 1 N–H and O–H groups in total. The van der Waals surface area contributed by atoms with Crippen molar-refractivity contribution in [3.63, 3.8) is 0 Å². The molecule has 0 radical (unpaired) electrons. The number of carbonyl (C=O) groups excluding carboxylic acids is 2. The van der Waals surface area contributed by atoms with Crippen LogP contribution in [0.25, 0.3) is 16.9 Å². The number of hydrogen-bond donors (Lipinski definition) is 1. The first-order valence-electron chi connectivity index (χ1n) is 11.1. The molecule has 6 nitrogen and oxygen atoms in total. The first kappa shape index (κ1) is 22.1. The summed E-state index contributed by atoms with van der Waals surface area (Å²) in [6.45, 7) is 1.99. The van der Waals surface area contributed by atoms with Crippen LogP contribution >= 0.6 is 11.6 Å². The zero-order chi connectivity index (χ0) is 22.3. The molecule has 4 rings (SSSR count). The monoisotopic (exact) mass is 450 g/mol. The van der Waals surface area contributed by atoms with Crippen molar-refractivity contribution >= 4 is 23.4 Å². The third-order valence-electron chi connectivity index (χ3n) is 5.66. The van der Waals surface area contributed by atoms with Gasteiger partial charge in [0.2, 0.25) is 5.91 Å². The number of hydrogen-bond acceptors (Lipinski definition) is 3. The maximum Gasteiger partial charge on any atom is 0.255 e. The number of benzene rings is 2. The van der Waals surface area contributed by atoms with Crippen molar-refractivity contribution in [2.75, 3.05) is 19.6 Å². The summed E-state index contributed by atoms with van der Waals surface area (Å²) in [5.41, 5.74) is 2.80. The summed E-state index contributed by atoms with van der Waals surface area (Å²) < 4.78 is 1.72. The quantitative estimate of drug-likeness (QED) is 0.530. The van der Waals surface area contributed by atoms with Crippen LogP contribution in [0.2, 0.25) is 5.02 Å². The number of aromatic nitrogens is 2. The molecule has 2 heterocycles. The Morgan fingerprint density at radius 3 is 2.59 bits per heavy atom. The average Bonchev–Trinajstić information content (AvgIpc) is 3.16. The van der Waals surface area contributed by atoms with Gasteiger partial charge in [-0.1, -0.05) is 48.4 Å². The molecule has 1 aliphatic heterocycles. The van der Waals surface area contributed by atoms with Gasteiger partial charge in [0.1, 0.15) is 5.69 Å². The third-order valence-corrected chi connectivity index (χ3v) is 5.91. The molecule has 7 heteroatoms. The van der Waals surface area contributed by atoms with Crippen LogP contribution in [-0.4, -0.2) is 46.1 Å². The Morgan fingerprint density at radius 2 is 1.81 bits per heavy atom. The highest BCUT2D eigenvalue weighted by Gasteiger charge is 2.19. The van der Waals surface area contributed by atoms with Gasteiger partial charge in [0, 0.05) is 42.8 Å². The molecule has 0 spiro atoms. The normalized spacial score (nSPS) is 14.3.